The average Bonchev–Trinajstić information content (AvgIpc) is 3.44. The number of nitrogens with zero attached hydrogens (tertiary/aromatic N) is 3. The third-order valence-electron chi connectivity index (χ3n) is 7.39. The molecule has 0 saturated carbocycles. The number of furan rings is 1. The Bertz CT molecular complexity index is 2130. The minimum absolute atomic E-state index is 0.638. The van der Waals surface area contributed by atoms with Gasteiger partial charge in [0.1, 0.15) is 11.2 Å². The summed E-state index contributed by atoms with van der Waals surface area (Å²) in [6.45, 7) is 7.97. The zero-order valence-corrected chi connectivity index (χ0v) is 22.9. The lowest BCUT2D eigenvalue weighted by Gasteiger charge is -2.26. The van der Waals surface area contributed by atoms with Crippen molar-refractivity contribution in [3.05, 3.63) is 158 Å². The van der Waals surface area contributed by atoms with Gasteiger partial charge in [0.2, 0.25) is 0 Å². The number of fused-ring (bicyclic) bond motifs is 5. The molecule has 0 aliphatic carbocycles. The molecule has 200 valence electrons. The topological polar surface area (TPSA) is 42.2 Å². The summed E-state index contributed by atoms with van der Waals surface area (Å²) in [6.07, 6.45) is 5.56. The summed E-state index contributed by atoms with van der Waals surface area (Å²) >= 11 is 0. The van der Waals surface area contributed by atoms with E-state index in [1.807, 2.05) is 78.9 Å². The van der Waals surface area contributed by atoms with Crippen LogP contribution in [0, 0.1) is 0 Å². The molecule has 0 unspecified atom stereocenters. The van der Waals surface area contributed by atoms with Gasteiger partial charge in [-0.3, -0.25) is 0 Å². The number of allylic oxidation sites excluding steroid dienone is 3. The number of anilines is 2. The average molecular weight is 542 g/mol. The van der Waals surface area contributed by atoms with Crippen molar-refractivity contribution < 1.29 is 4.42 Å². The fraction of sp³-hybridized carbons (Fsp3) is 0. The number of hydrogen-bond acceptors (Lipinski definition) is 4. The number of hydrogen-bond donors (Lipinski definition) is 0. The Balaban J connectivity index is 1.46. The number of benzene rings is 5. The van der Waals surface area contributed by atoms with Gasteiger partial charge in [-0.25, -0.2) is 9.97 Å². The molecule has 0 saturated heterocycles. The summed E-state index contributed by atoms with van der Waals surface area (Å²) in [5.74, 6) is 0.638. The van der Waals surface area contributed by atoms with Crippen LogP contribution in [0.1, 0.15) is 0 Å². The maximum Gasteiger partial charge on any atom is 0.160 e. The molecular weight excluding hydrogens is 514 g/mol. The zero-order valence-electron chi connectivity index (χ0n) is 22.9. The van der Waals surface area contributed by atoms with Gasteiger partial charge in [-0.05, 0) is 54.6 Å². The molecule has 4 heteroatoms. The van der Waals surface area contributed by atoms with Crippen molar-refractivity contribution in [2.24, 2.45) is 0 Å². The molecule has 7 rings (SSSR count). The molecule has 0 atom stereocenters. The number of rotatable bonds is 7. The van der Waals surface area contributed by atoms with E-state index in [0.29, 0.717) is 5.82 Å². The van der Waals surface area contributed by atoms with Crippen molar-refractivity contribution in [2.75, 3.05) is 4.90 Å². The van der Waals surface area contributed by atoms with E-state index in [0.717, 1.165) is 66.7 Å². The van der Waals surface area contributed by atoms with Gasteiger partial charge >= 0.3 is 0 Å². The zero-order chi connectivity index (χ0) is 28.5. The summed E-state index contributed by atoms with van der Waals surface area (Å²) < 4.78 is 6.42. The summed E-state index contributed by atoms with van der Waals surface area (Å²) in [4.78, 5) is 12.4. The first-order chi connectivity index (χ1) is 20.7. The van der Waals surface area contributed by atoms with Crippen molar-refractivity contribution >= 4 is 44.2 Å². The third kappa shape index (κ3) is 4.36. The first kappa shape index (κ1) is 25.2. The minimum Gasteiger partial charge on any atom is -0.455 e. The van der Waals surface area contributed by atoms with E-state index in [1.165, 1.54) is 0 Å². The van der Waals surface area contributed by atoms with Crippen LogP contribution >= 0.6 is 0 Å². The lowest BCUT2D eigenvalue weighted by molar-refractivity contribution is 0.672. The molecule has 5 aromatic carbocycles. The van der Waals surface area contributed by atoms with Crippen molar-refractivity contribution in [1.82, 2.24) is 9.97 Å². The van der Waals surface area contributed by atoms with Crippen LogP contribution in [0.2, 0.25) is 0 Å². The highest BCUT2D eigenvalue weighted by molar-refractivity contribution is 6.17. The van der Waals surface area contributed by atoms with Crippen LogP contribution in [0.4, 0.5) is 11.4 Å². The van der Waals surface area contributed by atoms with Gasteiger partial charge in [0.25, 0.3) is 0 Å². The van der Waals surface area contributed by atoms with Gasteiger partial charge in [-0.1, -0.05) is 98.1 Å². The molecule has 2 heterocycles. The summed E-state index contributed by atoms with van der Waals surface area (Å²) in [5, 5.41) is 3.04. The second-order valence-electron chi connectivity index (χ2n) is 9.95. The third-order valence-corrected chi connectivity index (χ3v) is 7.39. The quantitative estimate of drug-likeness (QED) is 0.188. The van der Waals surface area contributed by atoms with Crippen LogP contribution in [0.5, 0.6) is 0 Å². The van der Waals surface area contributed by atoms with Crippen LogP contribution in [0.25, 0.3) is 55.5 Å². The maximum absolute atomic E-state index is 6.42. The van der Waals surface area contributed by atoms with Crippen LogP contribution in [0.3, 0.4) is 0 Å². The molecule has 42 heavy (non-hydrogen) atoms. The van der Waals surface area contributed by atoms with E-state index in [9.17, 15) is 0 Å². The molecule has 2 aromatic heterocycles. The Hall–Kier alpha value is -5.74. The SMILES string of the molecule is C=C/C=C(\C=C)N(c1ccccc1)c1cccc(-c2nc(-c3ccccc3)c3c(ccc4c5ccccc5oc43)n2)c1. The Morgan fingerprint density at radius 3 is 2.17 bits per heavy atom. The van der Waals surface area contributed by atoms with Gasteiger partial charge in [0.05, 0.1) is 16.6 Å². The van der Waals surface area contributed by atoms with E-state index >= 15 is 0 Å². The summed E-state index contributed by atoms with van der Waals surface area (Å²) in [6, 6.07) is 41.0. The molecule has 7 aromatic rings. The predicted molar refractivity (Wildman–Crippen MR) is 175 cm³/mol. The smallest absolute Gasteiger partial charge is 0.160 e. The highest BCUT2D eigenvalue weighted by Crippen LogP contribution is 2.39. The molecule has 0 radical (unpaired) electrons. The van der Waals surface area contributed by atoms with Crippen LogP contribution in [-0.2, 0) is 0 Å². The van der Waals surface area contributed by atoms with E-state index in [-0.39, 0.29) is 0 Å². The van der Waals surface area contributed by atoms with E-state index in [2.05, 4.69) is 72.7 Å². The predicted octanol–water partition coefficient (Wildman–Crippen LogP) is 10.3. The van der Waals surface area contributed by atoms with Gasteiger partial charge in [-0.15, -0.1) is 0 Å². The molecule has 4 nitrogen and oxygen atoms in total. The summed E-state index contributed by atoms with van der Waals surface area (Å²) in [5.41, 5.74) is 8.10. The highest BCUT2D eigenvalue weighted by atomic mass is 16.3. The standard InChI is InChI=1S/C38H27N3O/c1-3-14-28(4-2)41(29-18-9-6-10-19-29)30-20-13-17-27(25-30)38-39-33-24-23-32-31-21-11-12-22-34(31)42-37(32)35(33)36(40-38)26-15-7-5-8-16-26/h3-25H,1-2H2/b28-14+. The molecule has 0 N–H and O–H groups in total. The highest BCUT2D eigenvalue weighted by Gasteiger charge is 2.19. The van der Waals surface area contributed by atoms with Crippen molar-refractivity contribution in [3.63, 3.8) is 0 Å². The van der Waals surface area contributed by atoms with Crippen LogP contribution < -0.4 is 4.90 Å². The Morgan fingerprint density at radius 2 is 1.38 bits per heavy atom. The van der Waals surface area contributed by atoms with E-state index in [4.69, 9.17) is 14.4 Å². The van der Waals surface area contributed by atoms with Gasteiger partial charge in [0.15, 0.2) is 5.82 Å². The van der Waals surface area contributed by atoms with Crippen molar-refractivity contribution in [1.29, 1.82) is 0 Å². The maximum atomic E-state index is 6.42. The largest absolute Gasteiger partial charge is 0.455 e. The Labute approximate surface area is 244 Å². The molecule has 0 spiro atoms. The second kappa shape index (κ2) is 10.7. The van der Waals surface area contributed by atoms with Gasteiger partial charge < -0.3 is 9.32 Å². The van der Waals surface area contributed by atoms with Crippen molar-refractivity contribution in [2.45, 2.75) is 0 Å². The van der Waals surface area contributed by atoms with E-state index < -0.39 is 0 Å². The molecule has 0 aliphatic heterocycles. The normalized spacial score (nSPS) is 11.7. The molecule has 0 amide bonds. The molecule has 0 aliphatic rings. The fourth-order valence-corrected chi connectivity index (χ4v) is 5.50. The Morgan fingerprint density at radius 1 is 0.667 bits per heavy atom. The minimum atomic E-state index is 0.638. The molecule has 0 bridgehead atoms. The van der Waals surface area contributed by atoms with Crippen molar-refractivity contribution in [3.8, 4) is 22.6 Å². The Kier molecular flexibility index (Phi) is 6.42. The molecular formula is C38H27N3O. The number of para-hydroxylation sites is 2. The first-order valence-electron chi connectivity index (χ1n) is 13.8. The molecule has 0 fully saturated rings. The van der Waals surface area contributed by atoms with Crippen LogP contribution in [-0.4, -0.2) is 9.97 Å². The van der Waals surface area contributed by atoms with Crippen LogP contribution in [0.15, 0.2) is 163 Å². The van der Waals surface area contributed by atoms with E-state index in [1.54, 1.807) is 6.08 Å². The lowest BCUT2D eigenvalue weighted by atomic mass is 10.0. The fourth-order valence-electron chi connectivity index (χ4n) is 5.50. The monoisotopic (exact) mass is 541 g/mol. The lowest BCUT2D eigenvalue weighted by Crippen LogP contribution is -2.15. The summed E-state index contributed by atoms with van der Waals surface area (Å²) in [7, 11) is 0. The second-order valence-corrected chi connectivity index (χ2v) is 9.95. The first-order valence-corrected chi connectivity index (χ1v) is 13.8. The van der Waals surface area contributed by atoms with Gasteiger partial charge in [0, 0.05) is 39.0 Å². The number of aromatic nitrogens is 2. The van der Waals surface area contributed by atoms with Gasteiger partial charge in [-0.2, -0.15) is 0 Å².